The summed E-state index contributed by atoms with van der Waals surface area (Å²) in [6.07, 6.45) is 3.21. The van der Waals surface area contributed by atoms with E-state index in [-0.39, 0.29) is 11.1 Å². The van der Waals surface area contributed by atoms with Crippen molar-refractivity contribution in [1.82, 2.24) is 9.55 Å². The molecular weight excluding hydrogens is 376 g/mol. The Bertz CT molecular complexity index is 1730. The fourth-order valence-corrected chi connectivity index (χ4v) is 4.11. The van der Waals surface area contributed by atoms with Crippen LogP contribution in [0, 0.1) is 0 Å². The van der Waals surface area contributed by atoms with E-state index in [9.17, 15) is 9.59 Å². The summed E-state index contributed by atoms with van der Waals surface area (Å²) in [6.45, 7) is 0. The van der Waals surface area contributed by atoms with Crippen molar-refractivity contribution < 1.29 is 4.42 Å². The van der Waals surface area contributed by atoms with Crippen molar-refractivity contribution in [1.29, 1.82) is 0 Å². The van der Waals surface area contributed by atoms with Gasteiger partial charge in [0.25, 0.3) is 11.1 Å². The molecule has 6 aromatic rings. The minimum Gasteiger partial charge on any atom is -0.456 e. The van der Waals surface area contributed by atoms with Gasteiger partial charge in [0.05, 0.1) is 16.5 Å². The van der Waals surface area contributed by atoms with Gasteiger partial charge in [-0.15, -0.1) is 0 Å². The molecule has 0 radical (unpaired) electrons. The summed E-state index contributed by atoms with van der Waals surface area (Å²) in [5, 5.41) is 4.01. The van der Waals surface area contributed by atoms with Crippen molar-refractivity contribution in [3.63, 3.8) is 0 Å². The Morgan fingerprint density at radius 3 is 2.27 bits per heavy atom. The minimum absolute atomic E-state index is 0.374. The molecule has 3 aromatic heterocycles. The van der Waals surface area contributed by atoms with Gasteiger partial charge in [0.2, 0.25) is 0 Å². The summed E-state index contributed by atoms with van der Waals surface area (Å²) in [7, 11) is 0. The number of hydrogen-bond donors (Lipinski definition) is 0. The standard InChI is InChI=1S/C25H14N2O3/c28-24-17-10-11-26-14-21(17)18-12-19-16-8-4-5-9-22(16)30-23(19)13-20(18)25(29)27(24)15-6-2-1-3-7-15/h1-14H. The fraction of sp³-hybridized carbons (Fsp3) is 0. The molecule has 142 valence electrons. The van der Waals surface area contributed by atoms with Crippen molar-refractivity contribution in [2.45, 2.75) is 0 Å². The molecule has 5 heteroatoms. The van der Waals surface area contributed by atoms with Crippen LogP contribution in [0.25, 0.3) is 49.2 Å². The van der Waals surface area contributed by atoms with Crippen LogP contribution in [0.4, 0.5) is 0 Å². The number of pyridine rings is 1. The van der Waals surface area contributed by atoms with E-state index in [2.05, 4.69) is 4.98 Å². The van der Waals surface area contributed by atoms with Crippen LogP contribution < -0.4 is 11.1 Å². The average molecular weight is 390 g/mol. The van der Waals surface area contributed by atoms with Crippen molar-refractivity contribution in [2.24, 2.45) is 0 Å². The third-order valence-electron chi connectivity index (χ3n) is 5.51. The van der Waals surface area contributed by atoms with E-state index >= 15 is 0 Å². The number of hydrogen-bond acceptors (Lipinski definition) is 4. The molecule has 0 amide bonds. The Kier molecular flexibility index (Phi) is 3.40. The normalized spacial score (nSPS) is 11.6. The number of nitrogens with zero attached hydrogens (tertiary/aromatic N) is 2. The molecule has 0 spiro atoms. The van der Waals surface area contributed by atoms with Crippen LogP contribution >= 0.6 is 0 Å². The van der Waals surface area contributed by atoms with Gasteiger partial charge < -0.3 is 4.42 Å². The molecule has 0 saturated heterocycles. The van der Waals surface area contributed by atoms with Gasteiger partial charge in [0.1, 0.15) is 11.2 Å². The zero-order valence-corrected chi connectivity index (χ0v) is 15.7. The Hall–Kier alpha value is -4.25. The summed E-state index contributed by atoms with van der Waals surface area (Å²) >= 11 is 0. The molecule has 0 N–H and O–H groups in total. The van der Waals surface area contributed by atoms with E-state index in [1.54, 1.807) is 48.8 Å². The molecule has 6 rings (SSSR count). The number of fused-ring (bicyclic) bond motifs is 6. The highest BCUT2D eigenvalue weighted by atomic mass is 16.3. The number of aromatic nitrogens is 2. The smallest absolute Gasteiger partial charge is 0.266 e. The van der Waals surface area contributed by atoms with E-state index in [4.69, 9.17) is 4.42 Å². The number of para-hydroxylation sites is 2. The third-order valence-corrected chi connectivity index (χ3v) is 5.51. The van der Waals surface area contributed by atoms with Gasteiger partial charge in [-0.1, -0.05) is 36.4 Å². The van der Waals surface area contributed by atoms with Gasteiger partial charge in [-0.2, -0.15) is 0 Å². The second kappa shape index (κ2) is 6.12. The van der Waals surface area contributed by atoms with Crippen LogP contribution in [-0.4, -0.2) is 9.55 Å². The molecule has 0 aliphatic rings. The Labute approximate surface area is 169 Å². The second-order valence-corrected chi connectivity index (χ2v) is 7.19. The van der Waals surface area contributed by atoms with E-state index in [1.807, 2.05) is 36.4 Å². The predicted octanol–water partition coefficient (Wildman–Crippen LogP) is 4.80. The Balaban J connectivity index is 1.93. The van der Waals surface area contributed by atoms with E-state index < -0.39 is 0 Å². The first-order valence-corrected chi connectivity index (χ1v) is 9.56. The van der Waals surface area contributed by atoms with Crippen LogP contribution in [0.5, 0.6) is 0 Å². The molecule has 30 heavy (non-hydrogen) atoms. The Morgan fingerprint density at radius 1 is 0.633 bits per heavy atom. The topological polar surface area (TPSA) is 65.1 Å². The zero-order valence-electron chi connectivity index (χ0n) is 15.7. The summed E-state index contributed by atoms with van der Waals surface area (Å²) in [4.78, 5) is 31.3. The number of furan rings is 1. The molecule has 5 nitrogen and oxygen atoms in total. The van der Waals surface area contributed by atoms with Crippen molar-refractivity contribution in [3.05, 3.63) is 106 Å². The quantitative estimate of drug-likeness (QED) is 0.405. The highest BCUT2D eigenvalue weighted by Crippen LogP contribution is 2.32. The van der Waals surface area contributed by atoms with Crippen molar-refractivity contribution >= 4 is 43.5 Å². The van der Waals surface area contributed by atoms with Crippen LogP contribution in [0.3, 0.4) is 0 Å². The maximum atomic E-state index is 13.6. The maximum absolute atomic E-state index is 13.6. The maximum Gasteiger partial charge on any atom is 0.266 e. The van der Waals surface area contributed by atoms with Gasteiger partial charge in [-0.25, -0.2) is 4.57 Å². The fourth-order valence-electron chi connectivity index (χ4n) is 4.11. The highest BCUT2D eigenvalue weighted by molar-refractivity contribution is 6.15. The lowest BCUT2D eigenvalue weighted by Crippen LogP contribution is -2.28. The molecule has 0 atom stereocenters. The largest absolute Gasteiger partial charge is 0.456 e. The first-order valence-electron chi connectivity index (χ1n) is 9.56. The van der Waals surface area contributed by atoms with Gasteiger partial charge in [-0.05, 0) is 41.8 Å². The second-order valence-electron chi connectivity index (χ2n) is 7.19. The number of benzene rings is 3. The first kappa shape index (κ1) is 16.7. The third kappa shape index (κ3) is 2.26. The Morgan fingerprint density at radius 2 is 1.40 bits per heavy atom. The molecule has 0 aliphatic heterocycles. The van der Waals surface area contributed by atoms with Gasteiger partial charge in [0.15, 0.2) is 0 Å². The molecule has 0 saturated carbocycles. The first-order chi connectivity index (χ1) is 14.7. The van der Waals surface area contributed by atoms with Crippen molar-refractivity contribution in [2.75, 3.05) is 0 Å². The van der Waals surface area contributed by atoms with Crippen molar-refractivity contribution in [3.8, 4) is 5.69 Å². The zero-order chi connectivity index (χ0) is 20.2. The van der Waals surface area contributed by atoms with Crippen LogP contribution in [0.2, 0.25) is 0 Å². The summed E-state index contributed by atoms with van der Waals surface area (Å²) in [5.41, 5.74) is 1.12. The van der Waals surface area contributed by atoms with Gasteiger partial charge in [-0.3, -0.25) is 14.6 Å². The van der Waals surface area contributed by atoms with Crippen LogP contribution in [0.15, 0.2) is 99.2 Å². The summed E-state index contributed by atoms with van der Waals surface area (Å²) < 4.78 is 7.21. The molecule has 0 unspecified atom stereocenters. The lowest BCUT2D eigenvalue weighted by atomic mass is 10.1. The molecule has 0 fully saturated rings. The molecule has 0 bridgehead atoms. The molecule has 3 heterocycles. The highest BCUT2D eigenvalue weighted by Gasteiger charge is 2.15. The summed E-state index contributed by atoms with van der Waals surface area (Å²) in [6, 6.07) is 22.0. The lowest BCUT2D eigenvalue weighted by molar-refractivity contribution is 0.669. The van der Waals surface area contributed by atoms with Gasteiger partial charge >= 0.3 is 0 Å². The molecule has 0 aliphatic carbocycles. The monoisotopic (exact) mass is 390 g/mol. The van der Waals surface area contributed by atoms with Crippen LogP contribution in [-0.2, 0) is 0 Å². The predicted molar refractivity (Wildman–Crippen MR) is 118 cm³/mol. The van der Waals surface area contributed by atoms with Crippen LogP contribution in [0.1, 0.15) is 0 Å². The summed E-state index contributed by atoms with van der Waals surface area (Å²) in [5.74, 6) is 0. The number of rotatable bonds is 1. The van der Waals surface area contributed by atoms with E-state index in [0.29, 0.717) is 32.8 Å². The lowest BCUT2D eigenvalue weighted by Gasteiger charge is -2.01. The minimum atomic E-state index is -0.389. The average Bonchev–Trinajstić information content (AvgIpc) is 3.12. The molecular formula is C25H14N2O3. The van der Waals surface area contributed by atoms with E-state index in [1.165, 1.54) is 4.57 Å². The SMILES string of the molecule is O=c1c2ccncc2c2cc3c(cc2c(=O)n1-c1ccccc1)oc1ccccc13. The van der Waals surface area contributed by atoms with E-state index in [0.717, 1.165) is 16.4 Å². The molecule has 3 aromatic carbocycles. The van der Waals surface area contributed by atoms with Gasteiger partial charge in [0, 0.05) is 28.6 Å².